The summed E-state index contributed by atoms with van der Waals surface area (Å²) in [7, 11) is -0.802. The number of oxime groups is 1. The molecule has 5 nitrogen and oxygen atoms in total. The molecule has 1 saturated heterocycles. The summed E-state index contributed by atoms with van der Waals surface area (Å²) in [5.74, 6) is 0.0393. The maximum Gasteiger partial charge on any atom is 0.437 e. The summed E-state index contributed by atoms with van der Waals surface area (Å²) in [4.78, 5) is 18.1. The molecule has 3 rings (SSSR count). The molecule has 0 N–H and O–H groups in total. The molecule has 124 valence electrons. The van der Waals surface area contributed by atoms with Gasteiger partial charge in [0.1, 0.15) is 0 Å². The highest BCUT2D eigenvalue weighted by molar-refractivity contribution is 7.85. The number of alkyl halides is 3. The zero-order chi connectivity index (χ0) is 16.6. The molecule has 0 aliphatic carbocycles. The molecular formula is C13H11F3N2O3S2. The summed E-state index contributed by atoms with van der Waals surface area (Å²) in [6, 6.07) is 3.41. The average Bonchev–Trinajstić information content (AvgIpc) is 3.08. The number of hydrogen-bond donors (Lipinski definition) is 0. The van der Waals surface area contributed by atoms with E-state index in [0.29, 0.717) is 29.5 Å². The average molecular weight is 364 g/mol. The predicted octanol–water partition coefficient (Wildman–Crippen LogP) is 2.18. The van der Waals surface area contributed by atoms with Crippen molar-refractivity contribution in [3.8, 4) is 0 Å². The Morgan fingerprint density at radius 1 is 1.30 bits per heavy atom. The smallest absolute Gasteiger partial charge is 0.362 e. The van der Waals surface area contributed by atoms with Gasteiger partial charge in [0.2, 0.25) is 0 Å². The van der Waals surface area contributed by atoms with Crippen LogP contribution in [0.25, 0.3) is 6.08 Å². The van der Waals surface area contributed by atoms with E-state index in [0.717, 1.165) is 11.1 Å². The number of rotatable bonds is 2. The second kappa shape index (κ2) is 6.08. The summed E-state index contributed by atoms with van der Waals surface area (Å²) < 4.78 is 49.7. The molecule has 3 heterocycles. The van der Waals surface area contributed by atoms with Crippen LogP contribution < -0.4 is 4.90 Å². The van der Waals surface area contributed by atoms with E-state index >= 15 is 0 Å². The van der Waals surface area contributed by atoms with E-state index < -0.39 is 34.2 Å². The Balaban J connectivity index is 1.82. The van der Waals surface area contributed by atoms with Crippen molar-refractivity contribution in [1.29, 1.82) is 0 Å². The zero-order valence-corrected chi connectivity index (χ0v) is 13.3. The maximum atomic E-state index is 12.8. The van der Waals surface area contributed by atoms with E-state index in [1.54, 1.807) is 12.1 Å². The molecule has 0 amide bonds. The summed E-state index contributed by atoms with van der Waals surface area (Å²) in [6.07, 6.45) is -3.60. The van der Waals surface area contributed by atoms with Crippen LogP contribution in [0.4, 0.5) is 18.2 Å². The molecule has 2 aliphatic heterocycles. The predicted molar refractivity (Wildman–Crippen MR) is 82.0 cm³/mol. The lowest BCUT2D eigenvalue weighted by molar-refractivity contribution is -0.136. The maximum absolute atomic E-state index is 12.8. The van der Waals surface area contributed by atoms with Crippen LogP contribution in [-0.2, 0) is 20.4 Å². The van der Waals surface area contributed by atoms with Crippen LogP contribution in [0, 0.1) is 0 Å². The van der Waals surface area contributed by atoms with Gasteiger partial charge >= 0.3 is 12.1 Å². The van der Waals surface area contributed by atoms with Crippen LogP contribution in [0.2, 0.25) is 0 Å². The number of nitrogens with zero attached hydrogens (tertiary/aromatic N) is 2. The Kier molecular flexibility index (Phi) is 4.28. The Morgan fingerprint density at radius 2 is 2.00 bits per heavy atom. The van der Waals surface area contributed by atoms with Crippen molar-refractivity contribution in [1.82, 2.24) is 0 Å². The highest BCUT2D eigenvalue weighted by atomic mass is 32.2. The van der Waals surface area contributed by atoms with E-state index in [2.05, 4.69) is 9.99 Å². The Labute approximate surface area is 135 Å². The highest BCUT2D eigenvalue weighted by Crippen LogP contribution is 2.32. The van der Waals surface area contributed by atoms with Gasteiger partial charge in [0.15, 0.2) is 5.71 Å². The van der Waals surface area contributed by atoms with Gasteiger partial charge in [-0.1, -0.05) is 5.16 Å². The van der Waals surface area contributed by atoms with Crippen molar-refractivity contribution in [3.63, 3.8) is 0 Å². The number of carbonyl (C=O) groups is 1. The molecule has 0 bridgehead atoms. The van der Waals surface area contributed by atoms with Crippen LogP contribution >= 0.6 is 11.3 Å². The monoisotopic (exact) mass is 364 g/mol. The van der Waals surface area contributed by atoms with Gasteiger partial charge in [-0.25, -0.2) is 4.79 Å². The van der Waals surface area contributed by atoms with Crippen molar-refractivity contribution >= 4 is 44.9 Å². The third-order valence-electron chi connectivity index (χ3n) is 3.35. The van der Waals surface area contributed by atoms with Crippen LogP contribution in [0.1, 0.15) is 4.88 Å². The molecule has 0 atom stereocenters. The van der Waals surface area contributed by atoms with E-state index in [9.17, 15) is 22.2 Å². The Hall–Kier alpha value is -1.68. The normalized spacial score (nSPS) is 21.7. The summed E-state index contributed by atoms with van der Waals surface area (Å²) in [5.41, 5.74) is -1.91. The first-order valence-electron chi connectivity index (χ1n) is 6.63. The van der Waals surface area contributed by atoms with E-state index in [1.807, 2.05) is 4.90 Å². The number of carbonyl (C=O) groups excluding carboxylic acids is 1. The fourth-order valence-electron chi connectivity index (χ4n) is 2.20. The molecule has 23 heavy (non-hydrogen) atoms. The van der Waals surface area contributed by atoms with Gasteiger partial charge in [-0.05, 0) is 18.2 Å². The number of thiophene rings is 1. The molecule has 0 aromatic carbocycles. The van der Waals surface area contributed by atoms with Gasteiger partial charge in [0.05, 0.1) is 10.6 Å². The number of halogens is 3. The topological polar surface area (TPSA) is 59.0 Å². The van der Waals surface area contributed by atoms with Gasteiger partial charge in [0, 0.05) is 40.3 Å². The first-order valence-corrected chi connectivity index (χ1v) is 8.93. The Morgan fingerprint density at radius 3 is 2.65 bits per heavy atom. The second-order valence-corrected chi connectivity index (χ2v) is 7.68. The molecule has 0 unspecified atom stereocenters. The molecule has 1 aromatic heterocycles. The van der Waals surface area contributed by atoms with Crippen molar-refractivity contribution in [2.75, 3.05) is 29.5 Å². The minimum Gasteiger partial charge on any atom is -0.362 e. The van der Waals surface area contributed by atoms with Crippen molar-refractivity contribution in [2.24, 2.45) is 5.16 Å². The molecule has 0 spiro atoms. The Bertz CT molecular complexity index is 714. The quantitative estimate of drug-likeness (QED) is 0.596. The molecule has 0 saturated carbocycles. The molecule has 1 fully saturated rings. The lowest BCUT2D eigenvalue weighted by Crippen LogP contribution is -2.37. The third-order valence-corrected chi connectivity index (χ3v) is 5.72. The fraction of sp³-hybridized carbons (Fsp3) is 0.385. The summed E-state index contributed by atoms with van der Waals surface area (Å²) in [6.45, 7) is 1.28. The van der Waals surface area contributed by atoms with Crippen molar-refractivity contribution < 1.29 is 27.0 Å². The van der Waals surface area contributed by atoms with E-state index in [-0.39, 0.29) is 0 Å². The molecular weight excluding hydrogens is 353 g/mol. The third kappa shape index (κ3) is 3.47. The SMILES string of the molecule is O=C1ON=C(C(F)(F)F)/C1=C/c1ccc(N2CCS(=O)CC2)s1. The van der Waals surface area contributed by atoms with Crippen LogP contribution in [0.3, 0.4) is 0 Å². The van der Waals surface area contributed by atoms with Crippen LogP contribution in [0.5, 0.6) is 0 Å². The molecule has 2 aliphatic rings. The van der Waals surface area contributed by atoms with Gasteiger partial charge in [0.25, 0.3) is 0 Å². The summed E-state index contributed by atoms with van der Waals surface area (Å²) in [5, 5.41) is 3.67. The minimum atomic E-state index is -4.74. The standard InChI is InChI=1S/C13H11F3N2O3S2/c14-13(15,16)11-9(12(19)21-17-11)7-8-1-2-10(22-8)18-3-5-23(20)6-4-18/h1-2,7H,3-6H2/b9-7-. The number of anilines is 1. The lowest BCUT2D eigenvalue weighted by Gasteiger charge is -2.26. The van der Waals surface area contributed by atoms with Crippen LogP contribution in [0.15, 0.2) is 22.9 Å². The van der Waals surface area contributed by atoms with Crippen LogP contribution in [-0.4, -0.2) is 46.7 Å². The number of hydrogen-bond acceptors (Lipinski definition) is 6. The fourth-order valence-corrected chi connectivity index (χ4v) is 4.26. The second-order valence-electron chi connectivity index (χ2n) is 4.89. The zero-order valence-electron chi connectivity index (χ0n) is 11.6. The molecule has 10 heteroatoms. The molecule has 0 radical (unpaired) electrons. The summed E-state index contributed by atoms with van der Waals surface area (Å²) >= 11 is 1.26. The van der Waals surface area contributed by atoms with Gasteiger partial charge in [-0.15, -0.1) is 11.3 Å². The largest absolute Gasteiger partial charge is 0.437 e. The van der Waals surface area contributed by atoms with E-state index in [1.165, 1.54) is 11.3 Å². The molecule has 1 aromatic rings. The van der Waals surface area contributed by atoms with Gasteiger partial charge in [-0.2, -0.15) is 13.2 Å². The van der Waals surface area contributed by atoms with E-state index in [4.69, 9.17) is 0 Å². The highest BCUT2D eigenvalue weighted by Gasteiger charge is 2.45. The first kappa shape index (κ1) is 16.2. The van der Waals surface area contributed by atoms with Crippen molar-refractivity contribution in [2.45, 2.75) is 6.18 Å². The van der Waals surface area contributed by atoms with Gasteiger partial charge < -0.3 is 9.74 Å². The minimum absolute atomic E-state index is 0.498. The first-order chi connectivity index (χ1) is 10.8. The van der Waals surface area contributed by atoms with Crippen molar-refractivity contribution in [3.05, 3.63) is 22.6 Å². The van der Waals surface area contributed by atoms with Gasteiger partial charge in [-0.3, -0.25) is 4.21 Å². The lowest BCUT2D eigenvalue weighted by atomic mass is 10.1.